The first-order valence-electron chi connectivity index (χ1n) is 11.6. The summed E-state index contributed by atoms with van der Waals surface area (Å²) in [5.41, 5.74) is 1.40. The van der Waals surface area contributed by atoms with Gasteiger partial charge in [0.1, 0.15) is 5.01 Å². The van der Waals surface area contributed by atoms with Gasteiger partial charge in [0, 0.05) is 25.6 Å². The third-order valence-corrected chi connectivity index (χ3v) is 9.86. The average molecular weight is 495 g/mol. The first kappa shape index (κ1) is 23.0. The van der Waals surface area contributed by atoms with Crippen molar-refractivity contribution in [1.29, 1.82) is 5.26 Å². The van der Waals surface area contributed by atoms with E-state index in [1.54, 1.807) is 11.3 Å². The summed E-state index contributed by atoms with van der Waals surface area (Å²) in [5, 5.41) is 9.94. The lowest BCUT2D eigenvalue weighted by Crippen LogP contribution is -2.46. The van der Waals surface area contributed by atoms with Crippen LogP contribution in [0.25, 0.3) is 10.2 Å². The fraction of sp³-hybridized carbons (Fsp3) is 0.400. The van der Waals surface area contributed by atoms with Crippen LogP contribution in [-0.2, 0) is 14.8 Å². The molecule has 0 N–H and O–H groups in total. The van der Waals surface area contributed by atoms with E-state index < -0.39 is 10.0 Å². The van der Waals surface area contributed by atoms with Crippen LogP contribution < -0.4 is 0 Å². The van der Waals surface area contributed by atoms with Gasteiger partial charge in [-0.2, -0.15) is 9.57 Å². The number of carbonyl (C=O) groups excluding carboxylic acids is 1. The molecule has 34 heavy (non-hydrogen) atoms. The zero-order valence-corrected chi connectivity index (χ0v) is 20.4. The van der Waals surface area contributed by atoms with Crippen LogP contribution in [0.15, 0.2) is 53.4 Å². The van der Waals surface area contributed by atoms with Crippen LogP contribution in [0.4, 0.5) is 0 Å². The normalized spacial score (nSPS) is 20.3. The molecule has 2 aliphatic rings. The molecule has 2 aromatic carbocycles. The Kier molecular flexibility index (Phi) is 6.38. The minimum Gasteiger partial charge on any atom is -0.333 e. The van der Waals surface area contributed by atoms with Gasteiger partial charge in [0.15, 0.2) is 0 Å². The Morgan fingerprint density at radius 3 is 2.44 bits per heavy atom. The lowest BCUT2D eigenvalue weighted by Gasteiger charge is -2.39. The SMILES string of the molecule is N#Cc1ccc(S(=O)(=O)N2CCC(C(=O)N3CCCC[C@H]3c3nc4ccccc4s3)CC2)cc1. The number of aromatic nitrogens is 1. The van der Waals surface area contributed by atoms with Gasteiger partial charge >= 0.3 is 0 Å². The number of thiazole rings is 1. The zero-order valence-electron chi connectivity index (χ0n) is 18.8. The van der Waals surface area contributed by atoms with Gasteiger partial charge in [-0.1, -0.05) is 12.1 Å². The highest BCUT2D eigenvalue weighted by Crippen LogP contribution is 2.37. The number of nitriles is 1. The molecule has 2 aliphatic heterocycles. The topological polar surface area (TPSA) is 94.4 Å². The van der Waals surface area contributed by atoms with Crippen LogP contribution in [0, 0.1) is 17.2 Å². The Hall–Kier alpha value is -2.80. The maximum absolute atomic E-state index is 13.6. The third kappa shape index (κ3) is 4.33. The number of piperidine rings is 2. The minimum absolute atomic E-state index is 0.000869. The summed E-state index contributed by atoms with van der Waals surface area (Å²) in [6.07, 6.45) is 4.00. The van der Waals surface area contributed by atoms with Crippen molar-refractivity contribution >= 4 is 37.5 Å². The number of amides is 1. The van der Waals surface area contributed by atoms with E-state index in [1.165, 1.54) is 28.6 Å². The van der Waals surface area contributed by atoms with Crippen molar-refractivity contribution in [2.45, 2.75) is 43.0 Å². The highest BCUT2D eigenvalue weighted by molar-refractivity contribution is 7.89. The van der Waals surface area contributed by atoms with Gasteiger partial charge in [-0.25, -0.2) is 13.4 Å². The number of para-hydroxylation sites is 1. The number of rotatable bonds is 4. The van der Waals surface area contributed by atoms with E-state index in [1.807, 2.05) is 29.2 Å². The van der Waals surface area contributed by atoms with Crippen molar-refractivity contribution in [1.82, 2.24) is 14.2 Å². The average Bonchev–Trinajstić information content (AvgIpc) is 3.33. The number of hydrogen-bond donors (Lipinski definition) is 0. The second-order valence-electron chi connectivity index (χ2n) is 8.88. The van der Waals surface area contributed by atoms with Crippen LogP contribution in [-0.4, -0.2) is 48.1 Å². The summed E-state index contributed by atoms with van der Waals surface area (Å²) >= 11 is 1.66. The molecule has 0 spiro atoms. The number of nitrogens with zero attached hydrogens (tertiary/aromatic N) is 4. The standard InChI is InChI=1S/C25H26N4O3S2/c26-17-18-8-10-20(11-9-18)34(31,32)28-15-12-19(13-16-28)25(30)29-14-4-3-6-22(29)24-27-21-5-1-2-7-23(21)33-24/h1-2,5,7-11,19,22H,3-4,6,12-16H2/t22-/m0/s1. The van der Waals surface area contributed by atoms with Crippen molar-refractivity contribution in [2.75, 3.05) is 19.6 Å². The molecule has 176 valence electrons. The van der Waals surface area contributed by atoms with Crippen LogP contribution in [0.1, 0.15) is 48.7 Å². The van der Waals surface area contributed by atoms with Gasteiger partial charge < -0.3 is 4.90 Å². The largest absolute Gasteiger partial charge is 0.333 e. The highest BCUT2D eigenvalue weighted by atomic mass is 32.2. The summed E-state index contributed by atoms with van der Waals surface area (Å²) in [6.45, 7) is 1.36. The summed E-state index contributed by atoms with van der Waals surface area (Å²) in [7, 11) is -3.64. The molecular formula is C25H26N4O3S2. The first-order chi connectivity index (χ1) is 16.5. The molecule has 9 heteroatoms. The van der Waals surface area contributed by atoms with Crippen LogP contribution in [0.3, 0.4) is 0 Å². The van der Waals surface area contributed by atoms with Crippen molar-refractivity contribution in [3.8, 4) is 6.07 Å². The molecule has 3 heterocycles. The maximum atomic E-state index is 13.6. The molecule has 3 aromatic rings. The second kappa shape index (κ2) is 9.45. The molecule has 0 saturated carbocycles. The molecular weight excluding hydrogens is 468 g/mol. The Labute approximate surface area is 203 Å². The van der Waals surface area contributed by atoms with E-state index in [-0.39, 0.29) is 22.8 Å². The van der Waals surface area contributed by atoms with E-state index >= 15 is 0 Å². The first-order valence-corrected chi connectivity index (χ1v) is 13.9. The Morgan fingerprint density at radius 1 is 1.00 bits per heavy atom. The fourth-order valence-electron chi connectivity index (χ4n) is 4.91. The molecule has 0 bridgehead atoms. The fourth-order valence-corrected chi connectivity index (χ4v) is 7.50. The Morgan fingerprint density at radius 2 is 1.74 bits per heavy atom. The smallest absolute Gasteiger partial charge is 0.243 e. The monoisotopic (exact) mass is 494 g/mol. The number of hydrogen-bond acceptors (Lipinski definition) is 6. The molecule has 0 radical (unpaired) electrons. The molecule has 5 rings (SSSR count). The lowest BCUT2D eigenvalue weighted by molar-refractivity contribution is -0.140. The highest BCUT2D eigenvalue weighted by Gasteiger charge is 2.37. The quantitative estimate of drug-likeness (QED) is 0.538. The number of sulfonamides is 1. The lowest BCUT2D eigenvalue weighted by atomic mass is 9.93. The molecule has 1 amide bonds. The van der Waals surface area contributed by atoms with Crippen molar-refractivity contribution in [3.05, 3.63) is 59.1 Å². The van der Waals surface area contributed by atoms with Gasteiger partial charge in [0.25, 0.3) is 0 Å². The maximum Gasteiger partial charge on any atom is 0.243 e. The summed E-state index contributed by atoms with van der Waals surface area (Å²) in [5.74, 6) is -0.0539. The van der Waals surface area contributed by atoms with Crippen molar-refractivity contribution in [2.24, 2.45) is 5.92 Å². The molecule has 0 aliphatic carbocycles. The molecule has 2 fully saturated rings. The third-order valence-electron chi connectivity index (χ3n) is 6.81. The van der Waals surface area contributed by atoms with Gasteiger partial charge in [0.05, 0.1) is 32.8 Å². The Bertz CT molecular complexity index is 1300. The Balaban J connectivity index is 1.28. The van der Waals surface area contributed by atoms with E-state index in [2.05, 4.69) is 6.07 Å². The molecule has 1 aromatic heterocycles. The number of fused-ring (bicyclic) bond motifs is 1. The van der Waals surface area contributed by atoms with Gasteiger partial charge in [-0.15, -0.1) is 11.3 Å². The van der Waals surface area contributed by atoms with E-state index in [0.29, 0.717) is 31.5 Å². The number of benzene rings is 2. The predicted molar refractivity (Wildman–Crippen MR) is 131 cm³/mol. The van der Waals surface area contributed by atoms with Crippen LogP contribution in [0.5, 0.6) is 0 Å². The van der Waals surface area contributed by atoms with E-state index in [9.17, 15) is 13.2 Å². The zero-order chi connectivity index (χ0) is 23.7. The predicted octanol–water partition coefficient (Wildman–Crippen LogP) is 4.32. The number of carbonyl (C=O) groups is 1. The van der Waals surface area contributed by atoms with Crippen molar-refractivity contribution in [3.63, 3.8) is 0 Å². The molecule has 2 saturated heterocycles. The van der Waals surface area contributed by atoms with Crippen LogP contribution in [0.2, 0.25) is 0 Å². The van der Waals surface area contributed by atoms with Crippen molar-refractivity contribution < 1.29 is 13.2 Å². The van der Waals surface area contributed by atoms with Crippen LogP contribution >= 0.6 is 11.3 Å². The van der Waals surface area contributed by atoms with Gasteiger partial charge in [-0.05, 0) is 68.5 Å². The molecule has 0 unspecified atom stereocenters. The summed E-state index contributed by atoms with van der Waals surface area (Å²) in [4.78, 5) is 20.6. The number of likely N-dealkylation sites (tertiary alicyclic amines) is 1. The van der Waals surface area contributed by atoms with Gasteiger partial charge in [0.2, 0.25) is 15.9 Å². The summed E-state index contributed by atoms with van der Waals surface area (Å²) in [6, 6.07) is 16.0. The minimum atomic E-state index is -3.64. The van der Waals surface area contributed by atoms with E-state index in [0.717, 1.165) is 41.0 Å². The molecule has 7 nitrogen and oxygen atoms in total. The van der Waals surface area contributed by atoms with E-state index in [4.69, 9.17) is 10.2 Å². The van der Waals surface area contributed by atoms with Gasteiger partial charge in [-0.3, -0.25) is 4.79 Å². The second-order valence-corrected chi connectivity index (χ2v) is 11.9. The molecule has 1 atom stereocenters. The summed E-state index contributed by atoms with van der Waals surface area (Å²) < 4.78 is 28.6.